The van der Waals surface area contributed by atoms with Gasteiger partial charge in [0.05, 0.1) is 31.6 Å². The molecule has 142 valence electrons. The maximum Gasteiger partial charge on any atom is 0.340 e. The summed E-state index contributed by atoms with van der Waals surface area (Å²) in [5.74, 6) is -0.734. The zero-order chi connectivity index (χ0) is 19.4. The predicted octanol–water partition coefficient (Wildman–Crippen LogP) is 3.18. The monoisotopic (exact) mass is 368 g/mol. The van der Waals surface area contributed by atoms with E-state index in [-0.39, 0.29) is 5.91 Å². The average molecular weight is 368 g/mol. The Bertz CT molecular complexity index is 857. The number of ether oxygens (including phenoxy) is 2. The second-order valence-electron chi connectivity index (χ2n) is 6.52. The van der Waals surface area contributed by atoms with Gasteiger partial charge in [-0.05, 0) is 49.2 Å². The molecule has 1 heterocycles. The number of carbonyl (C=O) groups excluding carboxylic acids is 2. The van der Waals surface area contributed by atoms with Crippen molar-refractivity contribution in [2.24, 2.45) is 0 Å². The fraction of sp³-hybridized carbons (Fsp3) is 0.333. The predicted molar refractivity (Wildman–Crippen MR) is 105 cm³/mol. The number of morpholine rings is 1. The smallest absolute Gasteiger partial charge is 0.340 e. The summed E-state index contributed by atoms with van der Waals surface area (Å²) in [6.07, 6.45) is 0. The van der Waals surface area contributed by atoms with Gasteiger partial charge in [0.15, 0.2) is 0 Å². The highest BCUT2D eigenvalue weighted by molar-refractivity contribution is 6.09. The average Bonchev–Trinajstić information content (AvgIpc) is 2.70. The van der Waals surface area contributed by atoms with E-state index in [4.69, 9.17) is 9.47 Å². The van der Waals surface area contributed by atoms with Gasteiger partial charge >= 0.3 is 5.97 Å². The second-order valence-corrected chi connectivity index (χ2v) is 6.52. The Balaban J connectivity index is 1.90. The van der Waals surface area contributed by atoms with Crippen molar-refractivity contribution in [3.8, 4) is 0 Å². The standard InChI is InChI=1S/C21H24N2O4/c1-14-5-4-6-17(15(14)2)20(24)22-19-8-7-16(13-18(19)21(25)26-3)23-9-11-27-12-10-23/h4-8,13H,9-12H2,1-3H3,(H,22,24). The number of rotatable bonds is 4. The molecular formula is C21H24N2O4. The molecule has 0 saturated carbocycles. The topological polar surface area (TPSA) is 67.9 Å². The Labute approximate surface area is 159 Å². The van der Waals surface area contributed by atoms with E-state index in [1.165, 1.54) is 7.11 Å². The summed E-state index contributed by atoms with van der Waals surface area (Å²) in [4.78, 5) is 27.2. The van der Waals surface area contributed by atoms with Crippen molar-refractivity contribution in [3.63, 3.8) is 0 Å². The quantitative estimate of drug-likeness (QED) is 0.840. The van der Waals surface area contributed by atoms with Crippen LogP contribution in [0.4, 0.5) is 11.4 Å². The molecule has 1 aliphatic rings. The van der Waals surface area contributed by atoms with E-state index in [1.807, 2.05) is 32.0 Å². The first kappa shape index (κ1) is 18.9. The van der Waals surface area contributed by atoms with Gasteiger partial charge < -0.3 is 19.7 Å². The number of anilines is 2. The minimum atomic E-state index is -0.485. The number of benzene rings is 2. The van der Waals surface area contributed by atoms with Gasteiger partial charge in [-0.25, -0.2) is 4.79 Å². The summed E-state index contributed by atoms with van der Waals surface area (Å²) < 4.78 is 10.3. The lowest BCUT2D eigenvalue weighted by Crippen LogP contribution is -2.36. The highest BCUT2D eigenvalue weighted by atomic mass is 16.5. The molecule has 0 unspecified atom stereocenters. The van der Waals surface area contributed by atoms with E-state index in [0.29, 0.717) is 30.0 Å². The van der Waals surface area contributed by atoms with Crippen LogP contribution < -0.4 is 10.2 Å². The van der Waals surface area contributed by atoms with Crippen molar-refractivity contribution in [1.29, 1.82) is 0 Å². The molecule has 2 aromatic rings. The molecule has 6 nitrogen and oxygen atoms in total. The van der Waals surface area contributed by atoms with Crippen LogP contribution in [-0.4, -0.2) is 45.3 Å². The third kappa shape index (κ3) is 4.11. The van der Waals surface area contributed by atoms with Crippen molar-refractivity contribution in [2.75, 3.05) is 43.6 Å². The Kier molecular flexibility index (Phi) is 5.76. The van der Waals surface area contributed by atoms with Crippen LogP contribution in [0, 0.1) is 13.8 Å². The molecule has 1 amide bonds. The Hall–Kier alpha value is -2.86. The molecule has 0 aromatic heterocycles. The highest BCUT2D eigenvalue weighted by Crippen LogP contribution is 2.26. The van der Waals surface area contributed by atoms with Crippen LogP contribution in [0.3, 0.4) is 0 Å². The number of amides is 1. The third-order valence-corrected chi connectivity index (χ3v) is 4.88. The van der Waals surface area contributed by atoms with Gasteiger partial charge in [-0.15, -0.1) is 0 Å². The van der Waals surface area contributed by atoms with Crippen molar-refractivity contribution in [3.05, 3.63) is 58.7 Å². The summed E-state index contributed by atoms with van der Waals surface area (Å²) in [5, 5.41) is 2.86. The third-order valence-electron chi connectivity index (χ3n) is 4.88. The van der Waals surface area contributed by atoms with E-state index >= 15 is 0 Å². The number of aryl methyl sites for hydroxylation is 1. The van der Waals surface area contributed by atoms with E-state index in [9.17, 15) is 9.59 Å². The summed E-state index contributed by atoms with van der Waals surface area (Å²) in [6.45, 7) is 6.69. The summed E-state index contributed by atoms with van der Waals surface area (Å²) in [5.41, 5.74) is 4.22. The molecule has 0 bridgehead atoms. The fourth-order valence-electron chi connectivity index (χ4n) is 3.13. The van der Waals surface area contributed by atoms with E-state index < -0.39 is 5.97 Å². The molecule has 0 atom stereocenters. The van der Waals surface area contributed by atoms with Crippen LogP contribution in [0.2, 0.25) is 0 Å². The van der Waals surface area contributed by atoms with Crippen LogP contribution in [0.15, 0.2) is 36.4 Å². The molecule has 0 radical (unpaired) electrons. The van der Waals surface area contributed by atoms with Gasteiger partial charge in [0.1, 0.15) is 0 Å². The molecule has 1 fully saturated rings. The Morgan fingerprint density at radius 2 is 1.81 bits per heavy atom. The number of hydrogen-bond acceptors (Lipinski definition) is 5. The first-order valence-corrected chi connectivity index (χ1v) is 8.94. The lowest BCUT2D eigenvalue weighted by molar-refractivity contribution is 0.0602. The number of methoxy groups -OCH3 is 1. The highest BCUT2D eigenvalue weighted by Gasteiger charge is 2.19. The summed E-state index contributed by atoms with van der Waals surface area (Å²) >= 11 is 0. The maximum absolute atomic E-state index is 12.7. The Morgan fingerprint density at radius 3 is 2.52 bits per heavy atom. The molecule has 6 heteroatoms. The van der Waals surface area contributed by atoms with Gasteiger partial charge in [-0.1, -0.05) is 12.1 Å². The number of carbonyl (C=O) groups is 2. The lowest BCUT2D eigenvalue weighted by atomic mass is 10.0. The van der Waals surface area contributed by atoms with E-state index in [1.54, 1.807) is 18.2 Å². The summed E-state index contributed by atoms with van der Waals surface area (Å²) in [6, 6.07) is 11.0. The van der Waals surface area contributed by atoms with Gasteiger partial charge in [0.25, 0.3) is 5.91 Å². The van der Waals surface area contributed by atoms with Gasteiger partial charge in [-0.2, -0.15) is 0 Å². The fourth-order valence-corrected chi connectivity index (χ4v) is 3.13. The van der Waals surface area contributed by atoms with Crippen molar-refractivity contribution < 1.29 is 19.1 Å². The first-order chi connectivity index (χ1) is 13.0. The van der Waals surface area contributed by atoms with Gasteiger partial charge in [-0.3, -0.25) is 4.79 Å². The number of hydrogen-bond donors (Lipinski definition) is 1. The minimum Gasteiger partial charge on any atom is -0.465 e. The van der Waals surface area contributed by atoms with Crippen molar-refractivity contribution >= 4 is 23.3 Å². The van der Waals surface area contributed by atoms with Gasteiger partial charge in [0, 0.05) is 24.3 Å². The summed E-state index contributed by atoms with van der Waals surface area (Å²) in [7, 11) is 1.33. The van der Waals surface area contributed by atoms with E-state index in [2.05, 4.69) is 10.2 Å². The molecule has 2 aromatic carbocycles. The second kappa shape index (κ2) is 8.22. The molecule has 0 spiro atoms. The molecule has 1 N–H and O–H groups in total. The Morgan fingerprint density at radius 1 is 1.07 bits per heavy atom. The van der Waals surface area contributed by atoms with E-state index in [0.717, 1.165) is 29.9 Å². The van der Waals surface area contributed by atoms with Crippen LogP contribution in [0.1, 0.15) is 31.8 Å². The molecule has 1 saturated heterocycles. The number of esters is 1. The SMILES string of the molecule is COC(=O)c1cc(N2CCOCC2)ccc1NC(=O)c1cccc(C)c1C. The zero-order valence-electron chi connectivity index (χ0n) is 15.9. The van der Waals surface area contributed by atoms with Crippen molar-refractivity contribution in [1.82, 2.24) is 0 Å². The van der Waals surface area contributed by atoms with Crippen LogP contribution >= 0.6 is 0 Å². The molecule has 1 aliphatic heterocycles. The minimum absolute atomic E-state index is 0.250. The molecule has 27 heavy (non-hydrogen) atoms. The normalized spacial score (nSPS) is 14.0. The lowest BCUT2D eigenvalue weighted by Gasteiger charge is -2.29. The van der Waals surface area contributed by atoms with Crippen molar-refractivity contribution in [2.45, 2.75) is 13.8 Å². The number of nitrogens with one attached hydrogen (secondary N) is 1. The van der Waals surface area contributed by atoms with Crippen LogP contribution in [-0.2, 0) is 9.47 Å². The molecule has 0 aliphatic carbocycles. The van der Waals surface area contributed by atoms with Crippen LogP contribution in [0.5, 0.6) is 0 Å². The zero-order valence-corrected chi connectivity index (χ0v) is 15.9. The van der Waals surface area contributed by atoms with Gasteiger partial charge in [0.2, 0.25) is 0 Å². The largest absolute Gasteiger partial charge is 0.465 e. The van der Waals surface area contributed by atoms with Crippen LogP contribution in [0.25, 0.3) is 0 Å². The first-order valence-electron chi connectivity index (χ1n) is 8.94. The molecular weight excluding hydrogens is 344 g/mol. The maximum atomic E-state index is 12.7. The molecule has 3 rings (SSSR count). The number of nitrogens with zero attached hydrogens (tertiary/aromatic N) is 1.